The van der Waals surface area contributed by atoms with E-state index in [1.807, 2.05) is 38.1 Å². The van der Waals surface area contributed by atoms with E-state index in [9.17, 15) is 14.9 Å². The van der Waals surface area contributed by atoms with Gasteiger partial charge in [-0.2, -0.15) is 5.26 Å². The second kappa shape index (κ2) is 12.7. The Morgan fingerprint density at radius 2 is 1.86 bits per heavy atom. The number of hydrogen-bond acceptors (Lipinski definition) is 8. The molecule has 1 amide bonds. The maximum atomic E-state index is 12.8. The quantitative estimate of drug-likeness (QED) is 0.445. The predicted octanol–water partition coefficient (Wildman–Crippen LogP) is 4.72. The van der Waals surface area contributed by atoms with Crippen LogP contribution in [0, 0.1) is 11.3 Å². The normalized spacial score (nSPS) is 15.0. The molecule has 1 aliphatic rings. The number of amides is 1. The van der Waals surface area contributed by atoms with Crippen LogP contribution in [0.25, 0.3) is 0 Å². The number of dihydropyridines is 1. The zero-order valence-corrected chi connectivity index (χ0v) is 21.5. The lowest BCUT2D eigenvalue weighted by molar-refractivity contribution is -0.136. The molecule has 188 valence electrons. The Labute approximate surface area is 215 Å². The number of nitrogens with zero attached hydrogens (tertiary/aromatic N) is 1. The van der Waals surface area contributed by atoms with Gasteiger partial charge in [-0.05, 0) is 39.0 Å². The molecule has 1 atom stereocenters. The molecule has 1 heterocycles. The minimum atomic E-state index is -0.708. The molecule has 9 heteroatoms. The Morgan fingerprint density at radius 1 is 1.11 bits per heavy atom. The molecule has 2 N–H and O–H groups in total. The molecule has 0 fully saturated rings. The van der Waals surface area contributed by atoms with Crippen molar-refractivity contribution in [2.24, 2.45) is 0 Å². The van der Waals surface area contributed by atoms with Crippen molar-refractivity contribution in [2.45, 2.75) is 26.7 Å². The van der Waals surface area contributed by atoms with Crippen molar-refractivity contribution in [3.8, 4) is 17.6 Å². The number of allylic oxidation sites excluding steroid dienone is 2. The molecule has 0 spiro atoms. The number of ether oxygens (including phenoxy) is 3. The molecule has 8 nitrogen and oxygen atoms in total. The molecule has 0 aliphatic carbocycles. The first-order valence-electron chi connectivity index (χ1n) is 11.5. The SMILES string of the molecule is CCOc1cccc(NC(=O)CSC2=C(C#N)[C@H](c3ccccc3OCC)C(C(=O)OC)=C(C)N2)c1. The molecule has 0 saturated carbocycles. The van der Waals surface area contributed by atoms with Crippen molar-refractivity contribution in [1.82, 2.24) is 5.32 Å². The number of hydrogen-bond donors (Lipinski definition) is 2. The van der Waals surface area contributed by atoms with E-state index in [4.69, 9.17) is 14.2 Å². The Bertz CT molecular complexity index is 1230. The van der Waals surface area contributed by atoms with Crippen LogP contribution in [0.2, 0.25) is 0 Å². The van der Waals surface area contributed by atoms with Crippen LogP contribution < -0.4 is 20.1 Å². The van der Waals surface area contributed by atoms with Crippen molar-refractivity contribution in [2.75, 3.05) is 31.4 Å². The first kappa shape index (κ1) is 26.7. The Kier molecular flexibility index (Phi) is 9.42. The third-order valence-electron chi connectivity index (χ3n) is 5.36. The average Bonchev–Trinajstić information content (AvgIpc) is 2.87. The summed E-state index contributed by atoms with van der Waals surface area (Å²) in [4.78, 5) is 25.5. The molecule has 2 aromatic rings. The number of para-hydroxylation sites is 1. The van der Waals surface area contributed by atoms with Crippen molar-refractivity contribution in [3.63, 3.8) is 0 Å². The van der Waals surface area contributed by atoms with E-state index >= 15 is 0 Å². The number of benzene rings is 2. The molecule has 0 unspecified atom stereocenters. The van der Waals surface area contributed by atoms with E-state index in [1.54, 1.807) is 31.2 Å². The molecule has 3 rings (SSSR count). The first-order chi connectivity index (χ1) is 17.4. The van der Waals surface area contributed by atoms with Crippen LogP contribution in [0.5, 0.6) is 11.5 Å². The van der Waals surface area contributed by atoms with Gasteiger partial charge in [-0.1, -0.05) is 36.0 Å². The van der Waals surface area contributed by atoms with E-state index in [1.165, 1.54) is 18.9 Å². The molecule has 0 aromatic heterocycles. The number of nitrogens with one attached hydrogen (secondary N) is 2. The van der Waals surface area contributed by atoms with Crippen LogP contribution in [0.4, 0.5) is 5.69 Å². The average molecular weight is 508 g/mol. The van der Waals surface area contributed by atoms with Gasteiger partial charge in [-0.15, -0.1) is 0 Å². The van der Waals surface area contributed by atoms with Gasteiger partial charge >= 0.3 is 5.97 Å². The number of nitriles is 1. The molecule has 2 aromatic carbocycles. The largest absolute Gasteiger partial charge is 0.494 e. The maximum absolute atomic E-state index is 12.8. The van der Waals surface area contributed by atoms with Crippen molar-refractivity contribution in [3.05, 3.63) is 76.0 Å². The van der Waals surface area contributed by atoms with Crippen LogP contribution >= 0.6 is 11.8 Å². The predicted molar refractivity (Wildman–Crippen MR) is 140 cm³/mol. The number of rotatable bonds is 10. The fourth-order valence-corrected chi connectivity index (χ4v) is 4.78. The summed E-state index contributed by atoms with van der Waals surface area (Å²) < 4.78 is 16.3. The fourth-order valence-electron chi connectivity index (χ4n) is 3.89. The molecule has 36 heavy (non-hydrogen) atoms. The summed E-state index contributed by atoms with van der Waals surface area (Å²) in [6, 6.07) is 16.7. The van der Waals surface area contributed by atoms with Crippen molar-refractivity contribution >= 4 is 29.3 Å². The highest BCUT2D eigenvalue weighted by Crippen LogP contribution is 2.44. The van der Waals surface area contributed by atoms with E-state index in [0.717, 1.165) is 0 Å². The zero-order chi connectivity index (χ0) is 26.1. The topological polar surface area (TPSA) is 110 Å². The lowest BCUT2D eigenvalue weighted by Gasteiger charge is -2.30. The highest BCUT2D eigenvalue weighted by atomic mass is 32.2. The third kappa shape index (κ3) is 6.20. The third-order valence-corrected chi connectivity index (χ3v) is 6.38. The minimum Gasteiger partial charge on any atom is -0.494 e. The van der Waals surface area contributed by atoms with Gasteiger partial charge in [0.15, 0.2) is 0 Å². The highest BCUT2D eigenvalue weighted by molar-refractivity contribution is 8.03. The van der Waals surface area contributed by atoms with Crippen LogP contribution in [0.15, 0.2) is 70.4 Å². The van der Waals surface area contributed by atoms with Gasteiger partial charge in [0.1, 0.15) is 11.5 Å². The standard InChI is InChI=1S/C27H29N3O5S/c1-5-34-19-11-9-10-18(14-19)30-23(31)16-36-26-21(15-28)25(24(17(3)29-26)27(32)33-4)20-12-7-8-13-22(20)35-6-2/h7-14,25,29H,5-6,16H2,1-4H3,(H,30,31)/t25-/m0/s1. The van der Waals surface area contributed by atoms with Gasteiger partial charge in [-0.25, -0.2) is 4.79 Å². The lowest BCUT2D eigenvalue weighted by atomic mass is 9.82. The van der Waals surface area contributed by atoms with Crippen LogP contribution in [0.1, 0.15) is 32.3 Å². The maximum Gasteiger partial charge on any atom is 0.336 e. The van der Waals surface area contributed by atoms with Crippen molar-refractivity contribution < 1.29 is 23.8 Å². The van der Waals surface area contributed by atoms with E-state index in [2.05, 4.69) is 16.7 Å². The number of carbonyl (C=O) groups is 2. The minimum absolute atomic E-state index is 0.0487. The summed E-state index contributed by atoms with van der Waals surface area (Å²) in [6.45, 7) is 6.46. The summed E-state index contributed by atoms with van der Waals surface area (Å²) in [6.07, 6.45) is 0. The summed E-state index contributed by atoms with van der Waals surface area (Å²) in [5.74, 6) is -0.206. The Morgan fingerprint density at radius 3 is 2.56 bits per heavy atom. The Hall–Kier alpha value is -3.90. The highest BCUT2D eigenvalue weighted by Gasteiger charge is 2.37. The zero-order valence-electron chi connectivity index (χ0n) is 20.7. The lowest BCUT2D eigenvalue weighted by Crippen LogP contribution is -2.29. The molecule has 1 aliphatic heterocycles. The monoisotopic (exact) mass is 507 g/mol. The van der Waals surface area contributed by atoms with Gasteiger partial charge in [0.2, 0.25) is 5.91 Å². The second-order valence-corrected chi connectivity index (χ2v) is 8.70. The van der Waals surface area contributed by atoms with Crippen LogP contribution in [-0.4, -0.2) is 38.0 Å². The summed E-state index contributed by atoms with van der Waals surface area (Å²) in [7, 11) is 1.30. The fraction of sp³-hybridized carbons (Fsp3) is 0.296. The van der Waals surface area contributed by atoms with E-state index in [0.29, 0.717) is 57.8 Å². The smallest absolute Gasteiger partial charge is 0.336 e. The second-order valence-electron chi connectivity index (χ2n) is 7.71. The number of methoxy groups -OCH3 is 1. The Balaban J connectivity index is 1.90. The van der Waals surface area contributed by atoms with Gasteiger partial charge in [0, 0.05) is 23.0 Å². The molecule has 0 saturated heterocycles. The van der Waals surface area contributed by atoms with Gasteiger partial charge in [0.05, 0.1) is 54.2 Å². The summed E-state index contributed by atoms with van der Waals surface area (Å²) >= 11 is 1.19. The van der Waals surface area contributed by atoms with Gasteiger partial charge in [0.25, 0.3) is 0 Å². The molecule has 0 radical (unpaired) electrons. The van der Waals surface area contributed by atoms with Gasteiger partial charge in [-0.3, -0.25) is 4.79 Å². The first-order valence-corrected chi connectivity index (χ1v) is 12.5. The number of anilines is 1. The summed E-state index contributed by atoms with van der Waals surface area (Å²) in [5, 5.41) is 16.6. The molecular weight excluding hydrogens is 478 g/mol. The number of esters is 1. The van der Waals surface area contributed by atoms with Crippen LogP contribution in [-0.2, 0) is 14.3 Å². The molecule has 0 bridgehead atoms. The van der Waals surface area contributed by atoms with Crippen molar-refractivity contribution in [1.29, 1.82) is 5.26 Å². The van der Waals surface area contributed by atoms with E-state index < -0.39 is 11.9 Å². The number of thioether (sulfide) groups is 1. The number of carbonyl (C=O) groups excluding carboxylic acids is 2. The van der Waals surface area contributed by atoms with Gasteiger partial charge < -0.3 is 24.8 Å². The summed E-state index contributed by atoms with van der Waals surface area (Å²) in [5.41, 5.74) is 2.47. The van der Waals surface area contributed by atoms with Crippen LogP contribution in [0.3, 0.4) is 0 Å². The van der Waals surface area contributed by atoms with E-state index in [-0.39, 0.29) is 11.7 Å². The molecular formula is C27H29N3O5S.